The van der Waals surface area contributed by atoms with Gasteiger partial charge in [-0.3, -0.25) is 14.4 Å². The third-order valence-electron chi connectivity index (χ3n) is 4.19. The van der Waals surface area contributed by atoms with Gasteiger partial charge in [-0.2, -0.15) is 0 Å². The molecule has 7 nitrogen and oxygen atoms in total. The van der Waals surface area contributed by atoms with E-state index >= 15 is 0 Å². The highest BCUT2D eigenvalue weighted by Gasteiger charge is 2.22. The van der Waals surface area contributed by atoms with Crippen molar-refractivity contribution in [2.75, 3.05) is 19.6 Å². The van der Waals surface area contributed by atoms with Crippen LogP contribution in [-0.2, 0) is 6.54 Å². The van der Waals surface area contributed by atoms with E-state index in [1.54, 1.807) is 23.1 Å². The maximum Gasteiger partial charge on any atom is 0.316 e. The fourth-order valence-corrected chi connectivity index (χ4v) is 3.03. The second-order valence-electron chi connectivity index (χ2n) is 5.84. The van der Waals surface area contributed by atoms with Gasteiger partial charge in [-0.05, 0) is 32.0 Å². The fraction of sp³-hybridized carbons (Fsp3) is 0.438. The SMILES string of the molecule is CCn1c(=O)c(=O)[nH]c2cc(C(=O)N3CCNC(C)C3)ccc21.Cl. The lowest BCUT2D eigenvalue weighted by molar-refractivity contribution is 0.0709. The number of carbonyl (C=O) groups excluding carboxylic acids is 1. The molecule has 1 unspecified atom stereocenters. The summed E-state index contributed by atoms with van der Waals surface area (Å²) in [4.78, 5) is 40.6. The highest BCUT2D eigenvalue weighted by atomic mass is 35.5. The van der Waals surface area contributed by atoms with Crippen LogP contribution in [0.4, 0.5) is 0 Å². The van der Waals surface area contributed by atoms with E-state index in [2.05, 4.69) is 10.3 Å². The Labute approximate surface area is 145 Å². The van der Waals surface area contributed by atoms with Crippen LogP contribution < -0.4 is 16.4 Å². The first-order valence-corrected chi connectivity index (χ1v) is 7.80. The number of H-pyrrole nitrogens is 1. The van der Waals surface area contributed by atoms with Crippen LogP contribution in [0.3, 0.4) is 0 Å². The zero-order chi connectivity index (χ0) is 16.6. The van der Waals surface area contributed by atoms with Crippen LogP contribution in [0, 0.1) is 0 Å². The van der Waals surface area contributed by atoms with Crippen LogP contribution in [0.25, 0.3) is 11.0 Å². The Morgan fingerprint density at radius 3 is 2.75 bits per heavy atom. The number of halogens is 1. The minimum atomic E-state index is -0.667. The van der Waals surface area contributed by atoms with Gasteiger partial charge in [0.2, 0.25) is 0 Å². The second kappa shape index (κ2) is 7.19. The number of hydrogen-bond donors (Lipinski definition) is 2. The molecule has 1 aromatic carbocycles. The normalized spacial score (nSPS) is 17.6. The van der Waals surface area contributed by atoms with Gasteiger partial charge in [-0.25, -0.2) is 0 Å². The molecule has 1 aliphatic heterocycles. The second-order valence-corrected chi connectivity index (χ2v) is 5.84. The van der Waals surface area contributed by atoms with Crippen molar-refractivity contribution >= 4 is 29.3 Å². The number of benzene rings is 1. The maximum absolute atomic E-state index is 12.6. The number of nitrogens with zero attached hydrogens (tertiary/aromatic N) is 2. The summed E-state index contributed by atoms with van der Waals surface area (Å²) < 4.78 is 1.41. The molecule has 0 saturated carbocycles. The number of fused-ring (bicyclic) bond motifs is 1. The van der Waals surface area contributed by atoms with E-state index in [1.165, 1.54) is 4.57 Å². The highest BCUT2D eigenvalue weighted by Crippen LogP contribution is 2.14. The average Bonchev–Trinajstić information content (AvgIpc) is 2.55. The molecule has 1 aromatic heterocycles. The lowest BCUT2D eigenvalue weighted by Gasteiger charge is -2.32. The Morgan fingerprint density at radius 2 is 2.08 bits per heavy atom. The summed E-state index contributed by atoms with van der Waals surface area (Å²) in [5.41, 5.74) is 0.408. The van der Waals surface area contributed by atoms with Crippen LogP contribution >= 0.6 is 12.4 Å². The number of nitrogens with one attached hydrogen (secondary N) is 2. The van der Waals surface area contributed by atoms with Crippen molar-refractivity contribution in [3.05, 3.63) is 44.5 Å². The Morgan fingerprint density at radius 1 is 1.33 bits per heavy atom. The molecule has 130 valence electrons. The number of aryl methyl sites for hydroxylation is 1. The quantitative estimate of drug-likeness (QED) is 0.773. The predicted octanol–water partition coefficient (Wildman–Crippen LogP) is 0.565. The number of aromatic amines is 1. The summed E-state index contributed by atoms with van der Waals surface area (Å²) in [6, 6.07) is 5.34. The number of carbonyl (C=O) groups is 1. The third-order valence-corrected chi connectivity index (χ3v) is 4.19. The molecule has 24 heavy (non-hydrogen) atoms. The number of aromatic nitrogens is 2. The van der Waals surface area contributed by atoms with Gasteiger partial charge < -0.3 is 19.8 Å². The smallest absolute Gasteiger partial charge is 0.316 e. The Hall–Kier alpha value is -2.12. The summed E-state index contributed by atoms with van der Waals surface area (Å²) >= 11 is 0. The zero-order valence-corrected chi connectivity index (χ0v) is 14.5. The van der Waals surface area contributed by atoms with Gasteiger partial charge in [-0.15, -0.1) is 12.4 Å². The van der Waals surface area contributed by atoms with Crippen molar-refractivity contribution in [2.24, 2.45) is 0 Å². The molecule has 2 heterocycles. The molecule has 1 amide bonds. The van der Waals surface area contributed by atoms with Gasteiger partial charge in [0.1, 0.15) is 0 Å². The predicted molar refractivity (Wildman–Crippen MR) is 95.1 cm³/mol. The van der Waals surface area contributed by atoms with Crippen molar-refractivity contribution in [2.45, 2.75) is 26.4 Å². The summed E-state index contributed by atoms with van der Waals surface area (Å²) in [7, 11) is 0. The zero-order valence-electron chi connectivity index (χ0n) is 13.7. The molecule has 0 aliphatic carbocycles. The average molecular weight is 353 g/mol. The Bertz CT molecular complexity index is 874. The van der Waals surface area contributed by atoms with Crippen molar-refractivity contribution in [3.8, 4) is 0 Å². The molecule has 0 radical (unpaired) electrons. The molecule has 1 saturated heterocycles. The molecule has 8 heteroatoms. The van der Waals surface area contributed by atoms with Crippen LogP contribution in [0.1, 0.15) is 24.2 Å². The lowest BCUT2D eigenvalue weighted by Crippen LogP contribution is -2.51. The first-order chi connectivity index (χ1) is 11.0. The van der Waals surface area contributed by atoms with Crippen LogP contribution in [0.5, 0.6) is 0 Å². The van der Waals surface area contributed by atoms with E-state index in [-0.39, 0.29) is 24.4 Å². The summed E-state index contributed by atoms with van der Waals surface area (Å²) in [6.45, 7) is 6.33. The van der Waals surface area contributed by atoms with E-state index in [0.29, 0.717) is 36.2 Å². The molecule has 0 bridgehead atoms. The van der Waals surface area contributed by atoms with E-state index < -0.39 is 11.1 Å². The van der Waals surface area contributed by atoms with E-state index in [0.717, 1.165) is 6.54 Å². The molecule has 1 fully saturated rings. The molecule has 2 N–H and O–H groups in total. The van der Waals surface area contributed by atoms with E-state index in [4.69, 9.17) is 0 Å². The first kappa shape index (κ1) is 18.2. The van der Waals surface area contributed by atoms with Gasteiger partial charge in [0, 0.05) is 37.8 Å². The molecule has 0 spiro atoms. The highest BCUT2D eigenvalue weighted by molar-refractivity contribution is 5.97. The number of piperazine rings is 1. The largest absolute Gasteiger partial charge is 0.336 e. The van der Waals surface area contributed by atoms with Gasteiger partial charge >= 0.3 is 11.1 Å². The third kappa shape index (κ3) is 3.22. The van der Waals surface area contributed by atoms with Crippen molar-refractivity contribution in [3.63, 3.8) is 0 Å². The minimum Gasteiger partial charge on any atom is -0.336 e. The first-order valence-electron chi connectivity index (χ1n) is 7.80. The van der Waals surface area contributed by atoms with E-state index in [9.17, 15) is 14.4 Å². The van der Waals surface area contributed by atoms with E-state index in [1.807, 2.05) is 13.8 Å². The van der Waals surface area contributed by atoms with Crippen LogP contribution in [0.15, 0.2) is 27.8 Å². The van der Waals surface area contributed by atoms with Crippen molar-refractivity contribution in [1.82, 2.24) is 19.8 Å². The molecule has 1 aliphatic rings. The molecule has 2 aromatic rings. The number of hydrogen-bond acceptors (Lipinski definition) is 4. The number of amides is 1. The van der Waals surface area contributed by atoms with Gasteiger partial charge in [0.15, 0.2) is 0 Å². The fourth-order valence-electron chi connectivity index (χ4n) is 3.03. The Balaban J connectivity index is 0.00000208. The molecular formula is C16H21ClN4O3. The minimum absolute atomic E-state index is 0. The maximum atomic E-state index is 12.6. The van der Waals surface area contributed by atoms with Gasteiger partial charge in [0.05, 0.1) is 11.0 Å². The monoisotopic (exact) mass is 352 g/mol. The standard InChI is InChI=1S/C16H20N4O3.ClH/c1-3-20-13-5-4-11(8-12(13)18-14(21)16(20)23)15(22)19-7-6-17-10(2)9-19;/h4-5,8,10,17H,3,6-7,9H2,1-2H3,(H,18,21);1H. The summed E-state index contributed by atoms with van der Waals surface area (Å²) in [6.07, 6.45) is 0. The summed E-state index contributed by atoms with van der Waals surface area (Å²) in [5.74, 6) is -0.0599. The summed E-state index contributed by atoms with van der Waals surface area (Å²) in [5, 5.41) is 3.30. The lowest BCUT2D eigenvalue weighted by atomic mass is 10.1. The molecule has 3 rings (SSSR count). The van der Waals surface area contributed by atoms with Crippen LogP contribution in [0.2, 0.25) is 0 Å². The van der Waals surface area contributed by atoms with Crippen molar-refractivity contribution < 1.29 is 4.79 Å². The molecular weight excluding hydrogens is 332 g/mol. The van der Waals surface area contributed by atoms with Gasteiger partial charge in [-0.1, -0.05) is 0 Å². The molecule has 1 atom stereocenters. The van der Waals surface area contributed by atoms with Gasteiger partial charge in [0.25, 0.3) is 5.91 Å². The Kier molecular flexibility index (Phi) is 5.46. The topological polar surface area (TPSA) is 87.2 Å². The van der Waals surface area contributed by atoms with Crippen LogP contribution in [-0.4, -0.2) is 46.0 Å². The number of rotatable bonds is 2. The van der Waals surface area contributed by atoms with Crippen molar-refractivity contribution in [1.29, 1.82) is 0 Å².